The van der Waals surface area contributed by atoms with Crippen LogP contribution in [0.4, 0.5) is 5.69 Å². The highest BCUT2D eigenvalue weighted by Gasteiger charge is 2.48. The second-order valence-corrected chi connectivity index (χ2v) is 7.83. The molecule has 1 atom stereocenters. The summed E-state index contributed by atoms with van der Waals surface area (Å²) < 4.78 is 11.9. The summed E-state index contributed by atoms with van der Waals surface area (Å²) >= 11 is 0. The van der Waals surface area contributed by atoms with Crippen LogP contribution < -0.4 is 10.1 Å². The van der Waals surface area contributed by atoms with E-state index in [1.165, 1.54) is 0 Å². The highest BCUT2D eigenvalue weighted by molar-refractivity contribution is 5.97. The van der Waals surface area contributed by atoms with E-state index in [2.05, 4.69) is 26.1 Å². The van der Waals surface area contributed by atoms with Crippen LogP contribution in [-0.4, -0.2) is 24.7 Å². The van der Waals surface area contributed by atoms with Crippen molar-refractivity contribution < 1.29 is 14.3 Å². The van der Waals surface area contributed by atoms with Crippen molar-refractivity contribution in [2.45, 2.75) is 66.4 Å². The number of anilines is 1. The van der Waals surface area contributed by atoms with Gasteiger partial charge in [0.1, 0.15) is 11.4 Å². The molecule has 1 fully saturated rings. The summed E-state index contributed by atoms with van der Waals surface area (Å²) in [6.07, 6.45) is 3.04. The summed E-state index contributed by atoms with van der Waals surface area (Å²) in [5.41, 5.74) is 2.16. The number of nitrogens with one attached hydrogen (secondary N) is 1. The molecule has 4 heteroatoms. The Balaban J connectivity index is 2.12. The highest BCUT2D eigenvalue weighted by Crippen LogP contribution is 2.42. The van der Waals surface area contributed by atoms with Crippen molar-refractivity contribution >= 4 is 11.6 Å². The molecule has 0 unspecified atom stereocenters. The Morgan fingerprint density at radius 2 is 1.88 bits per heavy atom. The van der Waals surface area contributed by atoms with E-state index in [9.17, 15) is 4.79 Å². The fourth-order valence-electron chi connectivity index (χ4n) is 3.07. The van der Waals surface area contributed by atoms with Crippen LogP contribution in [0.2, 0.25) is 0 Å². The van der Waals surface area contributed by atoms with Gasteiger partial charge in [0.2, 0.25) is 0 Å². The summed E-state index contributed by atoms with van der Waals surface area (Å²) in [5.74, 6) is 1.68. The van der Waals surface area contributed by atoms with Gasteiger partial charge in [-0.3, -0.25) is 4.79 Å². The predicted octanol–water partition coefficient (Wildman–Crippen LogP) is 4.87. The van der Waals surface area contributed by atoms with Crippen LogP contribution in [0.3, 0.4) is 0 Å². The Labute approximate surface area is 152 Å². The maximum absolute atomic E-state index is 12.9. The Hall–Kier alpha value is -1.55. The van der Waals surface area contributed by atoms with Gasteiger partial charge in [0.05, 0.1) is 6.61 Å². The van der Waals surface area contributed by atoms with Crippen LogP contribution in [-0.2, 0) is 9.53 Å². The van der Waals surface area contributed by atoms with Gasteiger partial charge in [-0.2, -0.15) is 0 Å². The average Bonchev–Trinajstić information content (AvgIpc) is 3.36. The zero-order valence-corrected chi connectivity index (χ0v) is 16.6. The Morgan fingerprint density at radius 1 is 1.28 bits per heavy atom. The number of hydrogen-bond acceptors (Lipinski definition) is 3. The van der Waals surface area contributed by atoms with Gasteiger partial charge < -0.3 is 14.8 Å². The number of amides is 1. The third-order valence-corrected chi connectivity index (χ3v) is 4.69. The zero-order chi connectivity index (χ0) is 18.6. The van der Waals surface area contributed by atoms with Crippen molar-refractivity contribution in [3.8, 4) is 5.75 Å². The molecule has 0 spiro atoms. The smallest absolute Gasteiger partial charge is 0.256 e. The van der Waals surface area contributed by atoms with Gasteiger partial charge in [0.15, 0.2) is 0 Å². The molecular weight excluding hydrogens is 314 g/mol. The predicted molar refractivity (Wildman–Crippen MR) is 102 cm³/mol. The molecule has 1 aromatic rings. The average molecular weight is 347 g/mol. The molecule has 0 radical (unpaired) electrons. The lowest BCUT2D eigenvalue weighted by Crippen LogP contribution is -2.45. The van der Waals surface area contributed by atoms with E-state index in [-0.39, 0.29) is 5.91 Å². The van der Waals surface area contributed by atoms with Gasteiger partial charge in [-0.15, -0.1) is 0 Å². The van der Waals surface area contributed by atoms with Crippen LogP contribution in [0.1, 0.15) is 58.1 Å². The molecule has 140 valence electrons. The molecule has 0 bridgehead atoms. The van der Waals surface area contributed by atoms with Crippen LogP contribution in [0.15, 0.2) is 12.1 Å². The number of hydrogen-bond donors (Lipinski definition) is 1. The first kappa shape index (κ1) is 19.8. The minimum atomic E-state index is -0.732. The molecule has 0 aliphatic heterocycles. The summed E-state index contributed by atoms with van der Waals surface area (Å²) in [6, 6.07) is 3.96. The molecule has 1 aliphatic carbocycles. The maximum Gasteiger partial charge on any atom is 0.256 e. The van der Waals surface area contributed by atoms with E-state index in [0.29, 0.717) is 25.0 Å². The molecule has 0 saturated heterocycles. The molecule has 0 aromatic heterocycles. The van der Waals surface area contributed by atoms with Gasteiger partial charge in [-0.25, -0.2) is 0 Å². The Bertz CT molecular complexity index is 584. The number of rotatable bonds is 9. The van der Waals surface area contributed by atoms with Crippen LogP contribution >= 0.6 is 0 Å². The molecule has 1 N–H and O–H groups in total. The van der Waals surface area contributed by atoms with Crippen LogP contribution in [0.25, 0.3) is 0 Å². The van der Waals surface area contributed by atoms with Crippen molar-refractivity contribution in [2.75, 3.05) is 18.5 Å². The molecule has 4 nitrogen and oxygen atoms in total. The first-order valence-corrected chi connectivity index (χ1v) is 9.47. The molecule has 25 heavy (non-hydrogen) atoms. The summed E-state index contributed by atoms with van der Waals surface area (Å²) in [4.78, 5) is 12.9. The van der Waals surface area contributed by atoms with Crippen LogP contribution in [0.5, 0.6) is 5.75 Å². The van der Waals surface area contributed by atoms with Gasteiger partial charge in [-0.1, -0.05) is 20.8 Å². The number of ether oxygens (including phenoxy) is 2. The summed E-state index contributed by atoms with van der Waals surface area (Å²) in [5, 5.41) is 3.07. The third-order valence-electron chi connectivity index (χ3n) is 4.69. The fourth-order valence-corrected chi connectivity index (χ4v) is 3.07. The van der Waals surface area contributed by atoms with Crippen molar-refractivity contribution in [1.82, 2.24) is 0 Å². The molecule has 0 heterocycles. The van der Waals surface area contributed by atoms with Crippen molar-refractivity contribution in [3.63, 3.8) is 0 Å². The van der Waals surface area contributed by atoms with Crippen LogP contribution in [0, 0.1) is 25.7 Å². The second-order valence-electron chi connectivity index (χ2n) is 7.83. The Kier molecular flexibility index (Phi) is 6.50. The monoisotopic (exact) mass is 347 g/mol. The highest BCUT2D eigenvalue weighted by atomic mass is 16.5. The lowest BCUT2D eigenvalue weighted by atomic mass is 9.98. The number of benzene rings is 1. The van der Waals surface area contributed by atoms with Crippen molar-refractivity contribution in [1.29, 1.82) is 0 Å². The standard InChI is InChI=1S/C21H33NO3/c1-7-10-25-21(6,17-8-9-17)20(23)22-18-11-15(4)19(16(5)12-18)24-13-14(2)3/h11-12,14,17H,7-10,13H2,1-6H3,(H,22,23)/t21-/m1/s1. The lowest BCUT2D eigenvalue weighted by Gasteiger charge is -2.29. The molecule has 1 aromatic carbocycles. The first-order chi connectivity index (χ1) is 11.8. The molecular formula is C21H33NO3. The topological polar surface area (TPSA) is 47.6 Å². The van der Waals surface area contributed by atoms with E-state index in [0.717, 1.165) is 41.8 Å². The zero-order valence-electron chi connectivity index (χ0n) is 16.6. The minimum absolute atomic E-state index is 0.0434. The van der Waals surface area contributed by atoms with Gasteiger partial charge in [0, 0.05) is 12.3 Å². The van der Waals surface area contributed by atoms with Gasteiger partial charge >= 0.3 is 0 Å². The minimum Gasteiger partial charge on any atom is -0.493 e. The first-order valence-electron chi connectivity index (χ1n) is 9.47. The number of carbonyl (C=O) groups excluding carboxylic acids is 1. The number of aryl methyl sites for hydroxylation is 2. The van der Waals surface area contributed by atoms with E-state index in [1.807, 2.05) is 32.9 Å². The third kappa shape index (κ3) is 4.97. The largest absolute Gasteiger partial charge is 0.493 e. The fraction of sp³-hybridized carbons (Fsp3) is 0.667. The number of carbonyl (C=O) groups is 1. The lowest BCUT2D eigenvalue weighted by molar-refractivity contribution is -0.142. The quantitative estimate of drug-likeness (QED) is 0.693. The van der Waals surface area contributed by atoms with E-state index in [4.69, 9.17) is 9.47 Å². The maximum atomic E-state index is 12.9. The Morgan fingerprint density at radius 3 is 2.36 bits per heavy atom. The van der Waals surface area contributed by atoms with Crippen molar-refractivity contribution in [2.24, 2.45) is 11.8 Å². The SMILES string of the molecule is CCCO[C@@](C)(C(=O)Nc1cc(C)c(OCC(C)C)c(C)c1)C1CC1. The van der Waals surface area contributed by atoms with Crippen molar-refractivity contribution in [3.05, 3.63) is 23.3 Å². The summed E-state index contributed by atoms with van der Waals surface area (Å²) in [7, 11) is 0. The van der Waals surface area contributed by atoms with Gasteiger partial charge in [-0.05, 0) is 75.1 Å². The molecule has 1 aliphatic rings. The van der Waals surface area contributed by atoms with E-state index >= 15 is 0 Å². The summed E-state index contributed by atoms with van der Waals surface area (Å²) in [6.45, 7) is 13.6. The molecule has 2 rings (SSSR count). The van der Waals surface area contributed by atoms with E-state index < -0.39 is 5.60 Å². The molecule has 1 amide bonds. The normalized spacial score (nSPS) is 16.6. The molecule has 1 saturated carbocycles. The van der Waals surface area contributed by atoms with Gasteiger partial charge in [0.25, 0.3) is 5.91 Å². The second kappa shape index (κ2) is 8.22. The van der Waals surface area contributed by atoms with E-state index in [1.54, 1.807) is 0 Å².